The molecular weight excluding hydrogens is 383 g/mol. The van der Waals surface area contributed by atoms with E-state index in [0.29, 0.717) is 5.96 Å². The van der Waals surface area contributed by atoms with Crippen molar-refractivity contribution in [2.45, 2.75) is 51.9 Å². The summed E-state index contributed by atoms with van der Waals surface area (Å²) < 4.78 is 0. The van der Waals surface area contributed by atoms with Crippen molar-refractivity contribution in [2.24, 2.45) is 10.7 Å². The number of aromatic nitrogens is 1. The molecule has 114 valence electrons. The number of guanidine groups is 1. The van der Waals surface area contributed by atoms with E-state index in [9.17, 15) is 0 Å². The zero-order valence-corrected chi connectivity index (χ0v) is 15.3. The smallest absolute Gasteiger partial charge is 0.188 e. The first-order valence-corrected chi connectivity index (χ1v) is 8.12. The van der Waals surface area contributed by atoms with Crippen LogP contribution in [0.2, 0.25) is 0 Å². The molecule has 0 aromatic carbocycles. The summed E-state index contributed by atoms with van der Waals surface area (Å²) in [6, 6.07) is 0. The Morgan fingerprint density at radius 1 is 1.40 bits per heavy atom. The molecule has 0 unspecified atom stereocenters. The van der Waals surface area contributed by atoms with Gasteiger partial charge in [-0.05, 0) is 38.5 Å². The largest absolute Gasteiger partial charge is 0.370 e. The Bertz CT molecular complexity index is 407. The molecule has 0 amide bonds. The number of fused-ring (bicyclic) bond motifs is 1. The third kappa shape index (κ3) is 5.55. The van der Waals surface area contributed by atoms with Gasteiger partial charge in [0.25, 0.3) is 0 Å². The molecule has 0 saturated heterocycles. The Morgan fingerprint density at radius 2 is 2.20 bits per heavy atom. The second-order valence-electron chi connectivity index (χ2n) is 4.98. The van der Waals surface area contributed by atoms with Gasteiger partial charge in [-0.25, -0.2) is 4.98 Å². The van der Waals surface area contributed by atoms with Crippen molar-refractivity contribution < 1.29 is 0 Å². The van der Waals surface area contributed by atoms with E-state index in [0.717, 1.165) is 32.4 Å². The van der Waals surface area contributed by atoms with Crippen LogP contribution in [0.3, 0.4) is 0 Å². The van der Waals surface area contributed by atoms with Crippen LogP contribution in [0, 0.1) is 0 Å². The summed E-state index contributed by atoms with van der Waals surface area (Å²) in [5.41, 5.74) is 7.11. The van der Waals surface area contributed by atoms with Gasteiger partial charge in [-0.15, -0.1) is 35.3 Å². The fraction of sp³-hybridized carbons (Fsp3) is 0.714. The van der Waals surface area contributed by atoms with E-state index in [2.05, 4.69) is 17.2 Å². The van der Waals surface area contributed by atoms with Crippen LogP contribution in [0.4, 0.5) is 0 Å². The van der Waals surface area contributed by atoms with Crippen molar-refractivity contribution in [3.05, 3.63) is 15.6 Å². The summed E-state index contributed by atoms with van der Waals surface area (Å²) in [6.07, 6.45) is 8.21. The standard InChI is InChI=1S/C14H24N4S.HI/c1-2-9-16-14(15)17-10-5-8-13-18-11-6-3-4-7-12(11)19-13;/h2-10H2,1H3,(H3,15,16,17);1H. The molecule has 0 bridgehead atoms. The van der Waals surface area contributed by atoms with E-state index in [4.69, 9.17) is 10.7 Å². The third-order valence-corrected chi connectivity index (χ3v) is 4.49. The predicted molar refractivity (Wildman–Crippen MR) is 97.3 cm³/mol. The van der Waals surface area contributed by atoms with E-state index < -0.39 is 0 Å². The third-order valence-electron chi connectivity index (χ3n) is 3.27. The predicted octanol–water partition coefficient (Wildman–Crippen LogP) is 2.89. The van der Waals surface area contributed by atoms with Crippen molar-refractivity contribution in [2.75, 3.05) is 13.1 Å². The van der Waals surface area contributed by atoms with Gasteiger partial charge in [0.05, 0.1) is 10.7 Å². The van der Waals surface area contributed by atoms with Crippen LogP contribution in [0.25, 0.3) is 0 Å². The van der Waals surface area contributed by atoms with Crippen LogP contribution in [-0.4, -0.2) is 24.0 Å². The number of nitrogens with one attached hydrogen (secondary N) is 1. The summed E-state index contributed by atoms with van der Waals surface area (Å²) in [6.45, 7) is 3.78. The molecule has 0 saturated carbocycles. The van der Waals surface area contributed by atoms with Crippen molar-refractivity contribution >= 4 is 41.3 Å². The number of thiazole rings is 1. The minimum Gasteiger partial charge on any atom is -0.370 e. The number of nitrogens with two attached hydrogens (primary N) is 1. The van der Waals surface area contributed by atoms with Crippen molar-refractivity contribution in [1.82, 2.24) is 10.3 Å². The van der Waals surface area contributed by atoms with E-state index in [1.807, 2.05) is 11.3 Å². The molecule has 1 aliphatic carbocycles. The molecule has 2 rings (SSSR count). The lowest BCUT2D eigenvalue weighted by molar-refractivity contribution is 0.678. The van der Waals surface area contributed by atoms with Gasteiger partial charge in [-0.2, -0.15) is 0 Å². The van der Waals surface area contributed by atoms with Crippen LogP contribution in [0.1, 0.15) is 48.2 Å². The van der Waals surface area contributed by atoms with Crippen LogP contribution < -0.4 is 11.1 Å². The Hall–Kier alpha value is -0.370. The lowest BCUT2D eigenvalue weighted by Gasteiger charge is -2.06. The van der Waals surface area contributed by atoms with E-state index in [1.165, 1.54) is 41.3 Å². The first-order valence-electron chi connectivity index (χ1n) is 7.31. The van der Waals surface area contributed by atoms with Crippen LogP contribution >= 0.6 is 35.3 Å². The fourth-order valence-corrected chi connectivity index (χ4v) is 3.46. The Labute approximate surface area is 142 Å². The lowest BCUT2D eigenvalue weighted by Crippen LogP contribution is -2.32. The quantitative estimate of drug-likeness (QED) is 0.329. The number of halogens is 1. The topological polar surface area (TPSA) is 63.3 Å². The Morgan fingerprint density at radius 3 is 2.95 bits per heavy atom. The van der Waals surface area contributed by atoms with Crippen molar-refractivity contribution in [3.63, 3.8) is 0 Å². The maximum atomic E-state index is 5.74. The molecule has 0 spiro atoms. The first kappa shape index (κ1) is 17.7. The van der Waals surface area contributed by atoms with Crippen molar-refractivity contribution in [3.8, 4) is 0 Å². The minimum absolute atomic E-state index is 0. The molecule has 4 nitrogen and oxygen atoms in total. The monoisotopic (exact) mass is 408 g/mol. The summed E-state index contributed by atoms with van der Waals surface area (Å²) in [4.78, 5) is 10.5. The highest BCUT2D eigenvalue weighted by atomic mass is 127. The number of nitrogens with zero attached hydrogens (tertiary/aromatic N) is 2. The molecule has 0 radical (unpaired) electrons. The highest BCUT2D eigenvalue weighted by molar-refractivity contribution is 14.0. The Balaban J connectivity index is 0.00000200. The highest BCUT2D eigenvalue weighted by Crippen LogP contribution is 2.27. The molecule has 20 heavy (non-hydrogen) atoms. The highest BCUT2D eigenvalue weighted by Gasteiger charge is 2.14. The summed E-state index contributed by atoms with van der Waals surface area (Å²) in [7, 11) is 0. The molecule has 1 aromatic rings. The first-order chi connectivity index (χ1) is 9.29. The second-order valence-corrected chi connectivity index (χ2v) is 6.15. The zero-order valence-electron chi connectivity index (χ0n) is 12.2. The summed E-state index contributed by atoms with van der Waals surface area (Å²) in [5, 5.41) is 4.44. The molecular formula is C14H25IN4S. The molecule has 6 heteroatoms. The fourth-order valence-electron chi connectivity index (χ4n) is 2.26. The number of hydrogen-bond donors (Lipinski definition) is 2. The normalized spacial score (nSPS) is 14.6. The number of hydrogen-bond acceptors (Lipinski definition) is 3. The molecule has 0 fully saturated rings. The van der Waals surface area contributed by atoms with Crippen LogP contribution in [-0.2, 0) is 19.3 Å². The van der Waals surface area contributed by atoms with Crippen LogP contribution in [0.5, 0.6) is 0 Å². The number of rotatable bonds is 6. The van der Waals surface area contributed by atoms with Crippen LogP contribution in [0.15, 0.2) is 4.99 Å². The average Bonchev–Trinajstić information content (AvgIpc) is 2.84. The van der Waals surface area contributed by atoms with Gasteiger partial charge < -0.3 is 11.1 Å². The molecule has 1 heterocycles. The van der Waals surface area contributed by atoms with Gasteiger partial charge >= 0.3 is 0 Å². The maximum Gasteiger partial charge on any atom is 0.188 e. The van der Waals surface area contributed by atoms with E-state index in [1.54, 1.807) is 0 Å². The number of aliphatic imine (C=N–C) groups is 1. The van der Waals surface area contributed by atoms with Gasteiger partial charge in [0.2, 0.25) is 0 Å². The maximum absolute atomic E-state index is 5.74. The van der Waals surface area contributed by atoms with Gasteiger partial charge in [-0.1, -0.05) is 6.92 Å². The van der Waals surface area contributed by atoms with Crippen molar-refractivity contribution in [1.29, 1.82) is 0 Å². The van der Waals surface area contributed by atoms with Gasteiger partial charge in [0.15, 0.2) is 5.96 Å². The molecule has 1 aromatic heterocycles. The second kappa shape index (κ2) is 9.55. The van der Waals surface area contributed by atoms with E-state index in [-0.39, 0.29) is 24.0 Å². The molecule has 0 atom stereocenters. The average molecular weight is 408 g/mol. The van der Waals surface area contributed by atoms with Gasteiger partial charge in [0, 0.05) is 24.4 Å². The van der Waals surface area contributed by atoms with Gasteiger partial charge in [-0.3, -0.25) is 4.99 Å². The van der Waals surface area contributed by atoms with E-state index >= 15 is 0 Å². The molecule has 0 aliphatic heterocycles. The SMILES string of the molecule is CCCN=C(N)NCCCc1nc2c(s1)CCCC2.I. The molecule has 1 aliphatic rings. The summed E-state index contributed by atoms with van der Waals surface area (Å²) >= 11 is 1.91. The summed E-state index contributed by atoms with van der Waals surface area (Å²) in [5.74, 6) is 0.570. The lowest BCUT2D eigenvalue weighted by atomic mass is 10.0. The number of aryl methyl sites for hydroxylation is 3. The minimum atomic E-state index is 0. The zero-order chi connectivity index (χ0) is 13.5. The molecule has 3 N–H and O–H groups in total. The Kier molecular flexibility index (Phi) is 8.44. The van der Waals surface area contributed by atoms with Gasteiger partial charge in [0.1, 0.15) is 0 Å².